The smallest absolute Gasteiger partial charge is 0.390 e. The van der Waals surface area contributed by atoms with E-state index in [1.807, 2.05) is 0 Å². The van der Waals surface area contributed by atoms with E-state index in [9.17, 15) is 41.7 Å². The lowest BCUT2D eigenvalue weighted by molar-refractivity contribution is -0.378. The average molecular weight is 621 g/mol. The zero-order valence-electron chi connectivity index (χ0n) is 26.0. The van der Waals surface area contributed by atoms with E-state index < -0.39 is 35.6 Å². The summed E-state index contributed by atoms with van der Waals surface area (Å²) in [4.78, 5) is 0. The Bertz CT molecular complexity index is 1050. The van der Waals surface area contributed by atoms with Crippen molar-refractivity contribution in [1.82, 2.24) is 0 Å². The summed E-state index contributed by atoms with van der Waals surface area (Å²) in [7, 11) is 0. The molecule has 0 radical (unpaired) electrons. The van der Waals surface area contributed by atoms with Crippen LogP contribution >= 0.6 is 0 Å². The molecule has 3 aliphatic carbocycles. The number of halogens is 6. The van der Waals surface area contributed by atoms with E-state index >= 15 is 0 Å². The minimum atomic E-state index is -5.87. The van der Waals surface area contributed by atoms with Gasteiger partial charge in [0.15, 0.2) is 0 Å². The maximum Gasteiger partial charge on any atom is 0.426 e. The Morgan fingerprint density at radius 1 is 0.977 bits per heavy atom. The molecule has 43 heavy (non-hydrogen) atoms. The minimum Gasteiger partial charge on any atom is -0.390 e. The second kappa shape index (κ2) is 13.4. The highest BCUT2D eigenvalue weighted by Gasteiger charge is 2.72. The number of rotatable bonds is 10. The van der Waals surface area contributed by atoms with Crippen LogP contribution in [0.2, 0.25) is 0 Å². The summed E-state index contributed by atoms with van der Waals surface area (Å²) in [5.41, 5.74) is -2.55. The van der Waals surface area contributed by atoms with E-state index in [1.54, 1.807) is 13.8 Å². The first-order valence-corrected chi connectivity index (χ1v) is 15.7. The van der Waals surface area contributed by atoms with Gasteiger partial charge in [-0.25, -0.2) is 0 Å². The molecule has 3 rings (SSSR count). The van der Waals surface area contributed by atoms with Gasteiger partial charge in [0.25, 0.3) is 5.60 Å². The third-order valence-electron chi connectivity index (χ3n) is 10.6. The van der Waals surface area contributed by atoms with E-state index in [4.69, 9.17) is 0 Å². The van der Waals surface area contributed by atoms with Crippen molar-refractivity contribution < 1.29 is 41.7 Å². The first-order chi connectivity index (χ1) is 19.7. The monoisotopic (exact) mass is 620 g/mol. The van der Waals surface area contributed by atoms with Crippen LogP contribution in [0, 0.1) is 29.1 Å². The van der Waals surface area contributed by atoms with E-state index in [1.165, 1.54) is 11.6 Å². The molecule has 0 aromatic rings. The van der Waals surface area contributed by atoms with Crippen LogP contribution in [0.4, 0.5) is 26.3 Å². The highest BCUT2D eigenvalue weighted by Crippen LogP contribution is 2.60. The molecular weight excluding hydrogens is 570 g/mol. The number of alkyl halides is 6. The van der Waals surface area contributed by atoms with Gasteiger partial charge in [0.1, 0.15) is 0 Å². The van der Waals surface area contributed by atoms with Gasteiger partial charge in [-0.1, -0.05) is 56.7 Å². The van der Waals surface area contributed by atoms with Crippen molar-refractivity contribution in [2.75, 3.05) is 0 Å². The summed E-state index contributed by atoms with van der Waals surface area (Å²) in [6, 6.07) is 0. The molecule has 0 aromatic carbocycles. The molecule has 3 unspecified atom stereocenters. The lowest BCUT2D eigenvalue weighted by Gasteiger charge is -2.45. The predicted octanol–water partition coefficient (Wildman–Crippen LogP) is 9.15. The molecule has 3 N–H and O–H groups in total. The lowest BCUT2D eigenvalue weighted by Crippen LogP contribution is -2.60. The van der Waals surface area contributed by atoms with Crippen molar-refractivity contribution in [3.63, 3.8) is 0 Å². The number of hydrogen-bond acceptors (Lipinski definition) is 3. The maximum atomic E-state index is 13.4. The third-order valence-corrected chi connectivity index (χ3v) is 10.6. The zero-order valence-corrected chi connectivity index (χ0v) is 26.0. The SMILES string of the molecule is C=C1/C(=C\C=C2/CCC[C@@]3(C)C2CCC3[C@@H](C/C=C/C(C)C(O)(C(F)(F)F)C(F)(F)F)CCCC(C)(C)O)CCC[C@@H]1O. The molecule has 3 fully saturated rings. The molecular formula is C34H50F6O3. The molecule has 3 saturated carbocycles. The van der Waals surface area contributed by atoms with Gasteiger partial charge in [0.05, 0.1) is 11.7 Å². The van der Waals surface area contributed by atoms with Crippen LogP contribution in [-0.4, -0.2) is 45.0 Å². The lowest BCUT2D eigenvalue weighted by atomic mass is 9.60. The summed E-state index contributed by atoms with van der Waals surface area (Å²) in [5, 5.41) is 30.3. The fourth-order valence-electron chi connectivity index (χ4n) is 8.04. The average Bonchev–Trinajstić information content (AvgIpc) is 3.23. The molecule has 0 aliphatic heterocycles. The molecule has 6 atom stereocenters. The molecule has 0 amide bonds. The molecule has 0 spiro atoms. The quantitative estimate of drug-likeness (QED) is 0.169. The molecule has 0 heterocycles. The van der Waals surface area contributed by atoms with Crippen molar-refractivity contribution in [2.45, 2.75) is 134 Å². The number of aliphatic hydroxyl groups is 3. The summed E-state index contributed by atoms with van der Waals surface area (Å²) >= 11 is 0. The fourth-order valence-corrected chi connectivity index (χ4v) is 8.04. The molecule has 0 bridgehead atoms. The van der Waals surface area contributed by atoms with Gasteiger partial charge < -0.3 is 15.3 Å². The van der Waals surface area contributed by atoms with Gasteiger partial charge >= 0.3 is 12.4 Å². The molecule has 3 aliphatic rings. The Morgan fingerprint density at radius 3 is 2.23 bits per heavy atom. The van der Waals surface area contributed by atoms with Crippen LogP contribution in [0.5, 0.6) is 0 Å². The Kier molecular flexibility index (Phi) is 11.2. The number of fused-ring (bicyclic) bond motifs is 1. The molecule has 246 valence electrons. The van der Waals surface area contributed by atoms with E-state index in [2.05, 4.69) is 25.7 Å². The number of hydrogen-bond donors (Lipinski definition) is 3. The summed E-state index contributed by atoms with van der Waals surface area (Å²) < 4.78 is 80.4. The molecule has 0 aromatic heterocycles. The maximum absolute atomic E-state index is 13.4. The summed E-state index contributed by atoms with van der Waals surface area (Å²) in [6.07, 6.45) is 3.89. The topological polar surface area (TPSA) is 60.7 Å². The highest BCUT2D eigenvalue weighted by atomic mass is 19.4. The minimum absolute atomic E-state index is 0.0108. The van der Waals surface area contributed by atoms with Gasteiger partial charge in [-0.3, -0.25) is 0 Å². The van der Waals surface area contributed by atoms with Crippen LogP contribution in [0.1, 0.15) is 105 Å². The third kappa shape index (κ3) is 7.99. The van der Waals surface area contributed by atoms with Crippen LogP contribution in [0.15, 0.2) is 47.6 Å². The van der Waals surface area contributed by atoms with Crippen molar-refractivity contribution in [1.29, 1.82) is 0 Å². The van der Waals surface area contributed by atoms with Crippen LogP contribution in [0.3, 0.4) is 0 Å². The second-order valence-electron chi connectivity index (χ2n) is 14.1. The number of allylic oxidation sites excluding steroid dienone is 4. The normalized spacial score (nSPS) is 31.2. The van der Waals surface area contributed by atoms with Crippen molar-refractivity contribution in [3.8, 4) is 0 Å². The fraction of sp³-hybridized carbons (Fsp3) is 0.765. The first kappa shape index (κ1) is 35.9. The first-order valence-electron chi connectivity index (χ1n) is 15.7. The van der Waals surface area contributed by atoms with Gasteiger partial charge in [-0.15, -0.1) is 0 Å². The Morgan fingerprint density at radius 2 is 1.63 bits per heavy atom. The standard InChI is InChI=1S/C34H50F6O3/c1-22(32(43,33(35,36)37)34(38,39)40)10-6-12-25(13-8-20-30(3,4)42)27-18-19-28-26(14-9-21-31(27,28)5)17-16-24-11-7-15-29(41)23(24)2/h6,10,16-17,22,25,27-29,41-43H,2,7-9,11-15,18-21H2,1,3-5H3/b10-6+,24-16-,26-17+/t22?,25-,27?,28?,29-,31+/m0/s1. The van der Waals surface area contributed by atoms with Crippen molar-refractivity contribution >= 4 is 0 Å². The van der Waals surface area contributed by atoms with Crippen LogP contribution in [0.25, 0.3) is 0 Å². The predicted molar refractivity (Wildman–Crippen MR) is 157 cm³/mol. The van der Waals surface area contributed by atoms with Gasteiger partial charge in [-0.2, -0.15) is 26.3 Å². The van der Waals surface area contributed by atoms with Gasteiger partial charge in [0.2, 0.25) is 0 Å². The molecule has 3 nitrogen and oxygen atoms in total. The summed E-state index contributed by atoms with van der Waals surface area (Å²) in [5.74, 6) is -1.66. The Hall–Kier alpha value is -1.58. The zero-order chi connectivity index (χ0) is 32.4. The molecule has 0 saturated heterocycles. The van der Waals surface area contributed by atoms with E-state index in [0.717, 1.165) is 75.5 Å². The number of aliphatic hydroxyl groups excluding tert-OH is 1. The highest BCUT2D eigenvalue weighted by molar-refractivity contribution is 5.37. The van der Waals surface area contributed by atoms with Crippen molar-refractivity contribution in [3.05, 3.63) is 47.6 Å². The van der Waals surface area contributed by atoms with E-state index in [-0.39, 0.29) is 17.3 Å². The van der Waals surface area contributed by atoms with Crippen LogP contribution < -0.4 is 0 Å². The van der Waals surface area contributed by atoms with Crippen molar-refractivity contribution in [2.24, 2.45) is 29.1 Å². The second-order valence-corrected chi connectivity index (χ2v) is 14.1. The molecule has 9 heteroatoms. The Balaban J connectivity index is 1.84. The van der Waals surface area contributed by atoms with E-state index in [0.29, 0.717) is 31.6 Å². The summed E-state index contributed by atoms with van der Waals surface area (Å²) in [6.45, 7) is 10.5. The largest absolute Gasteiger partial charge is 0.426 e. The van der Waals surface area contributed by atoms with Crippen LogP contribution in [-0.2, 0) is 0 Å². The Labute approximate surface area is 252 Å². The van der Waals surface area contributed by atoms with Gasteiger partial charge in [-0.05, 0) is 119 Å². The van der Waals surface area contributed by atoms with Gasteiger partial charge in [0, 0.05) is 5.92 Å².